The van der Waals surface area contributed by atoms with Gasteiger partial charge in [0.05, 0.1) is 0 Å². The third kappa shape index (κ3) is 3.53. The van der Waals surface area contributed by atoms with Crippen molar-refractivity contribution in [1.29, 1.82) is 0 Å². The second kappa shape index (κ2) is 6.56. The Bertz CT molecular complexity index is 749. The first kappa shape index (κ1) is 15.1. The van der Waals surface area contributed by atoms with Crippen molar-refractivity contribution in [2.24, 2.45) is 16.5 Å². The van der Waals surface area contributed by atoms with Crippen molar-refractivity contribution in [2.45, 2.75) is 32.2 Å². The number of furan rings is 1. The third-order valence-corrected chi connectivity index (χ3v) is 3.97. The molecule has 0 atom stereocenters. The number of hydrogen-bond acceptors (Lipinski definition) is 3. The van der Waals surface area contributed by atoms with Crippen LogP contribution in [0, 0.1) is 0 Å². The average Bonchev–Trinajstić information content (AvgIpc) is 3.03. The fourth-order valence-electron chi connectivity index (χ4n) is 2.83. The molecule has 0 saturated carbocycles. The molecule has 0 radical (unpaired) electrons. The molecule has 0 spiro atoms. The van der Waals surface area contributed by atoms with Crippen molar-refractivity contribution >= 4 is 17.6 Å². The zero-order valence-corrected chi connectivity index (χ0v) is 12.8. The van der Waals surface area contributed by atoms with Gasteiger partial charge in [0.2, 0.25) is 0 Å². The summed E-state index contributed by atoms with van der Waals surface area (Å²) in [6.07, 6.45) is 4.61. The molecule has 1 heterocycles. The van der Waals surface area contributed by atoms with Crippen LogP contribution < -0.4 is 16.8 Å². The van der Waals surface area contributed by atoms with E-state index in [0.717, 1.165) is 18.5 Å². The molecule has 0 saturated heterocycles. The molecule has 3 rings (SSSR count). The van der Waals surface area contributed by atoms with Gasteiger partial charge in [-0.2, -0.15) is 0 Å². The molecule has 1 aromatic heterocycles. The van der Waals surface area contributed by atoms with Crippen molar-refractivity contribution in [3.05, 3.63) is 53.0 Å². The zero-order valence-electron chi connectivity index (χ0n) is 12.8. The number of nitrogens with two attached hydrogens (primary N) is 2. The SMILES string of the molecule is NC(=O)c1ccc(CN=C(N)Nc2cccc3c2CCCC3)o1. The third-order valence-electron chi connectivity index (χ3n) is 3.97. The minimum absolute atomic E-state index is 0.124. The Balaban J connectivity index is 1.69. The van der Waals surface area contributed by atoms with Gasteiger partial charge in [-0.05, 0) is 55.0 Å². The summed E-state index contributed by atoms with van der Waals surface area (Å²) < 4.78 is 5.27. The number of primary amides is 1. The van der Waals surface area contributed by atoms with Crippen LogP contribution in [0.5, 0.6) is 0 Å². The van der Waals surface area contributed by atoms with Gasteiger partial charge in [0.1, 0.15) is 12.3 Å². The van der Waals surface area contributed by atoms with E-state index in [4.69, 9.17) is 15.9 Å². The molecule has 1 aliphatic carbocycles. The van der Waals surface area contributed by atoms with Gasteiger partial charge in [-0.1, -0.05) is 12.1 Å². The largest absolute Gasteiger partial charge is 0.454 e. The molecule has 0 aliphatic heterocycles. The lowest BCUT2D eigenvalue weighted by molar-refractivity contribution is 0.0972. The first-order chi connectivity index (χ1) is 11.1. The van der Waals surface area contributed by atoms with Crippen LogP contribution in [0.4, 0.5) is 5.69 Å². The molecule has 23 heavy (non-hydrogen) atoms. The summed E-state index contributed by atoms with van der Waals surface area (Å²) in [5, 5.41) is 3.16. The lowest BCUT2D eigenvalue weighted by Gasteiger charge is -2.19. The molecule has 5 N–H and O–H groups in total. The molecule has 0 bridgehead atoms. The second-order valence-corrected chi connectivity index (χ2v) is 5.61. The average molecular weight is 312 g/mol. The van der Waals surface area contributed by atoms with Crippen LogP contribution in [0.1, 0.15) is 40.3 Å². The van der Waals surface area contributed by atoms with Gasteiger partial charge in [0.25, 0.3) is 5.91 Å². The minimum atomic E-state index is -0.595. The van der Waals surface area contributed by atoms with Crippen LogP contribution in [-0.4, -0.2) is 11.9 Å². The number of carbonyl (C=O) groups is 1. The molecule has 120 valence electrons. The molecule has 1 aliphatic rings. The number of hydrogen-bond donors (Lipinski definition) is 3. The Kier molecular flexibility index (Phi) is 4.32. The predicted molar refractivity (Wildman–Crippen MR) is 89.3 cm³/mol. The summed E-state index contributed by atoms with van der Waals surface area (Å²) in [6, 6.07) is 9.42. The molecule has 1 aromatic carbocycles. The summed E-state index contributed by atoms with van der Waals surface area (Å²) in [6.45, 7) is 0.251. The highest BCUT2D eigenvalue weighted by Crippen LogP contribution is 2.27. The van der Waals surface area contributed by atoms with Crippen LogP contribution in [-0.2, 0) is 19.4 Å². The maximum Gasteiger partial charge on any atom is 0.284 e. The Morgan fingerprint density at radius 2 is 2.00 bits per heavy atom. The van der Waals surface area contributed by atoms with Crippen LogP contribution in [0.3, 0.4) is 0 Å². The molecule has 6 heteroatoms. The predicted octanol–water partition coefficient (Wildman–Crippen LogP) is 2.18. The Morgan fingerprint density at radius 3 is 2.78 bits per heavy atom. The van der Waals surface area contributed by atoms with Crippen molar-refractivity contribution in [3.8, 4) is 0 Å². The number of rotatable bonds is 4. The fraction of sp³-hybridized carbons (Fsp3) is 0.294. The number of fused-ring (bicyclic) bond motifs is 1. The number of amides is 1. The van der Waals surface area contributed by atoms with Crippen molar-refractivity contribution in [1.82, 2.24) is 0 Å². The number of carbonyl (C=O) groups excluding carboxylic acids is 1. The second-order valence-electron chi connectivity index (χ2n) is 5.61. The maximum absolute atomic E-state index is 11.0. The molecule has 0 fully saturated rings. The van der Waals surface area contributed by atoms with E-state index in [1.54, 1.807) is 6.07 Å². The Hall–Kier alpha value is -2.76. The van der Waals surface area contributed by atoms with Crippen molar-refractivity contribution in [3.63, 3.8) is 0 Å². The number of aryl methyl sites for hydroxylation is 1. The van der Waals surface area contributed by atoms with Crippen LogP contribution in [0.2, 0.25) is 0 Å². The van der Waals surface area contributed by atoms with Crippen LogP contribution >= 0.6 is 0 Å². The number of nitrogens with zero attached hydrogens (tertiary/aromatic N) is 1. The highest BCUT2D eigenvalue weighted by Gasteiger charge is 2.13. The Labute approximate surface area is 134 Å². The quantitative estimate of drug-likeness (QED) is 0.594. The Morgan fingerprint density at radius 1 is 1.17 bits per heavy atom. The molecular formula is C17H20N4O2. The van der Waals surface area contributed by atoms with Gasteiger partial charge in [-0.25, -0.2) is 4.99 Å². The molecule has 2 aromatic rings. The number of anilines is 1. The number of nitrogens with one attached hydrogen (secondary N) is 1. The molecule has 0 unspecified atom stereocenters. The maximum atomic E-state index is 11.0. The normalized spacial score (nSPS) is 14.3. The van der Waals surface area contributed by atoms with Crippen molar-refractivity contribution < 1.29 is 9.21 Å². The summed E-state index contributed by atoms with van der Waals surface area (Å²) in [5.74, 6) is 0.390. The summed E-state index contributed by atoms with van der Waals surface area (Å²) in [5.41, 5.74) is 14.8. The first-order valence-electron chi connectivity index (χ1n) is 7.69. The lowest BCUT2D eigenvalue weighted by Crippen LogP contribution is -2.24. The van der Waals surface area contributed by atoms with Gasteiger partial charge >= 0.3 is 0 Å². The van der Waals surface area contributed by atoms with E-state index in [0.29, 0.717) is 11.7 Å². The van der Waals surface area contributed by atoms with Crippen LogP contribution in [0.25, 0.3) is 0 Å². The van der Waals surface area contributed by atoms with Gasteiger partial charge in [0.15, 0.2) is 11.7 Å². The monoisotopic (exact) mass is 312 g/mol. The van der Waals surface area contributed by atoms with E-state index in [2.05, 4.69) is 16.4 Å². The fourth-order valence-corrected chi connectivity index (χ4v) is 2.83. The minimum Gasteiger partial charge on any atom is -0.454 e. The summed E-state index contributed by atoms with van der Waals surface area (Å²) in [7, 11) is 0. The molecular weight excluding hydrogens is 292 g/mol. The molecule has 1 amide bonds. The lowest BCUT2D eigenvalue weighted by atomic mass is 9.90. The smallest absolute Gasteiger partial charge is 0.284 e. The summed E-state index contributed by atoms with van der Waals surface area (Å²) in [4.78, 5) is 15.2. The van der Waals surface area contributed by atoms with E-state index < -0.39 is 5.91 Å². The van der Waals surface area contributed by atoms with Crippen molar-refractivity contribution in [2.75, 3.05) is 5.32 Å². The highest BCUT2D eigenvalue weighted by atomic mass is 16.3. The van der Waals surface area contributed by atoms with Gasteiger partial charge in [-0.3, -0.25) is 4.79 Å². The highest BCUT2D eigenvalue weighted by molar-refractivity contribution is 5.93. The molecule has 6 nitrogen and oxygen atoms in total. The van der Waals surface area contributed by atoms with E-state index in [9.17, 15) is 4.79 Å². The van der Waals surface area contributed by atoms with Gasteiger partial charge in [-0.15, -0.1) is 0 Å². The van der Waals surface area contributed by atoms with Gasteiger partial charge in [0, 0.05) is 5.69 Å². The summed E-state index contributed by atoms with van der Waals surface area (Å²) >= 11 is 0. The van der Waals surface area contributed by atoms with Gasteiger partial charge < -0.3 is 21.2 Å². The first-order valence-corrected chi connectivity index (χ1v) is 7.69. The van der Waals surface area contributed by atoms with E-state index in [1.165, 1.54) is 30.0 Å². The standard InChI is InChI=1S/C17H20N4O2/c18-16(22)15-9-8-12(23-15)10-20-17(19)21-14-7-3-5-11-4-1-2-6-13(11)14/h3,5,7-9H,1-2,4,6,10H2,(H2,18,22)(H3,19,20,21). The number of guanidine groups is 1. The number of benzene rings is 1. The van der Waals surface area contributed by atoms with Crippen LogP contribution in [0.15, 0.2) is 39.7 Å². The number of aliphatic imine (C=N–C) groups is 1. The topological polar surface area (TPSA) is 107 Å². The van der Waals surface area contributed by atoms with E-state index in [-0.39, 0.29) is 12.3 Å². The van der Waals surface area contributed by atoms with E-state index >= 15 is 0 Å². The van der Waals surface area contributed by atoms with E-state index in [1.807, 2.05) is 12.1 Å². The zero-order chi connectivity index (χ0) is 16.2.